The topological polar surface area (TPSA) is 75.5 Å². The minimum Gasteiger partial charge on any atom is -0.324 e. The SMILES string of the molecule is Cc1cccc(C)c1NC(=O)[C@@H](C)N(C)Cc1ccccc1[N+](=O)[O-]. The molecule has 0 aliphatic rings. The number of likely N-dealkylation sites (N-methyl/N-ethyl adjacent to an activating group) is 1. The number of para-hydroxylation sites is 2. The molecule has 0 unspecified atom stereocenters. The third-order valence-corrected chi connectivity index (χ3v) is 4.38. The van der Waals surface area contributed by atoms with Gasteiger partial charge in [-0.1, -0.05) is 36.4 Å². The molecule has 6 heteroatoms. The average molecular weight is 341 g/mol. The number of carbonyl (C=O) groups excluding carboxylic acids is 1. The molecule has 1 atom stereocenters. The molecule has 0 fully saturated rings. The van der Waals surface area contributed by atoms with Crippen molar-refractivity contribution < 1.29 is 9.72 Å². The third-order valence-electron chi connectivity index (χ3n) is 4.38. The second-order valence-corrected chi connectivity index (χ2v) is 6.23. The zero-order chi connectivity index (χ0) is 18.6. The molecule has 25 heavy (non-hydrogen) atoms. The maximum atomic E-state index is 12.6. The molecular formula is C19H23N3O3. The Morgan fingerprint density at radius 3 is 2.36 bits per heavy atom. The van der Waals surface area contributed by atoms with Crippen LogP contribution in [0.15, 0.2) is 42.5 Å². The van der Waals surface area contributed by atoms with Crippen LogP contribution in [0.5, 0.6) is 0 Å². The maximum Gasteiger partial charge on any atom is 0.273 e. The van der Waals surface area contributed by atoms with Crippen molar-refractivity contribution in [3.05, 3.63) is 69.3 Å². The second kappa shape index (κ2) is 7.90. The van der Waals surface area contributed by atoms with E-state index in [4.69, 9.17) is 0 Å². The van der Waals surface area contributed by atoms with Gasteiger partial charge >= 0.3 is 0 Å². The number of nitrogens with zero attached hydrogens (tertiary/aromatic N) is 2. The van der Waals surface area contributed by atoms with Gasteiger partial charge < -0.3 is 5.32 Å². The Labute approximate surface area is 147 Å². The first-order valence-electron chi connectivity index (χ1n) is 8.11. The summed E-state index contributed by atoms with van der Waals surface area (Å²) in [5.41, 5.74) is 3.47. The molecule has 1 N–H and O–H groups in total. The number of hydrogen-bond donors (Lipinski definition) is 1. The van der Waals surface area contributed by atoms with E-state index in [0.717, 1.165) is 16.8 Å². The molecule has 0 saturated carbocycles. The van der Waals surface area contributed by atoms with Gasteiger partial charge in [0.2, 0.25) is 5.91 Å². The van der Waals surface area contributed by atoms with Gasteiger partial charge in [0.25, 0.3) is 5.69 Å². The molecular weight excluding hydrogens is 318 g/mol. The van der Waals surface area contributed by atoms with Gasteiger partial charge in [0.15, 0.2) is 0 Å². The minimum atomic E-state index is -0.432. The number of nitrogens with one attached hydrogen (secondary N) is 1. The predicted octanol–water partition coefficient (Wildman–Crippen LogP) is 3.67. The maximum absolute atomic E-state index is 12.6. The van der Waals surface area contributed by atoms with E-state index in [1.54, 1.807) is 37.1 Å². The Balaban J connectivity index is 2.11. The molecule has 0 spiro atoms. The van der Waals surface area contributed by atoms with Crippen LogP contribution < -0.4 is 5.32 Å². The summed E-state index contributed by atoms with van der Waals surface area (Å²) in [5, 5.41) is 14.1. The standard InChI is InChI=1S/C19H23N3O3/c1-13-8-7-9-14(2)18(13)20-19(23)15(3)21(4)12-16-10-5-6-11-17(16)22(24)25/h5-11,15H,12H2,1-4H3,(H,20,23)/t15-/m1/s1. The number of nitro benzene ring substituents is 1. The largest absolute Gasteiger partial charge is 0.324 e. The van der Waals surface area contributed by atoms with Crippen molar-refractivity contribution in [2.24, 2.45) is 0 Å². The Morgan fingerprint density at radius 2 is 1.76 bits per heavy atom. The van der Waals surface area contributed by atoms with Crippen molar-refractivity contribution in [1.82, 2.24) is 4.90 Å². The summed E-state index contributed by atoms with van der Waals surface area (Å²) in [6.07, 6.45) is 0. The van der Waals surface area contributed by atoms with E-state index in [2.05, 4.69) is 5.32 Å². The first kappa shape index (κ1) is 18.6. The van der Waals surface area contributed by atoms with Gasteiger partial charge in [-0.15, -0.1) is 0 Å². The van der Waals surface area contributed by atoms with Gasteiger partial charge in [-0.2, -0.15) is 0 Å². The fourth-order valence-corrected chi connectivity index (χ4v) is 2.67. The molecule has 132 valence electrons. The van der Waals surface area contributed by atoms with Crippen LogP contribution in [0.4, 0.5) is 11.4 Å². The van der Waals surface area contributed by atoms with Crippen molar-refractivity contribution in [1.29, 1.82) is 0 Å². The van der Waals surface area contributed by atoms with Crippen LogP contribution in [0.25, 0.3) is 0 Å². The summed E-state index contributed by atoms with van der Waals surface area (Å²) in [5.74, 6) is -0.140. The van der Waals surface area contributed by atoms with Crippen LogP contribution in [0.1, 0.15) is 23.6 Å². The van der Waals surface area contributed by atoms with Crippen molar-refractivity contribution in [2.45, 2.75) is 33.4 Å². The molecule has 6 nitrogen and oxygen atoms in total. The van der Waals surface area contributed by atoms with Crippen LogP contribution in [-0.4, -0.2) is 28.8 Å². The Hall–Kier alpha value is -2.73. The smallest absolute Gasteiger partial charge is 0.273 e. The molecule has 2 aromatic carbocycles. The van der Waals surface area contributed by atoms with Crippen LogP contribution in [0.3, 0.4) is 0 Å². The fraction of sp³-hybridized carbons (Fsp3) is 0.316. The molecule has 0 aliphatic heterocycles. The Kier molecular flexibility index (Phi) is 5.88. The third kappa shape index (κ3) is 4.42. The quantitative estimate of drug-likeness (QED) is 0.642. The summed E-state index contributed by atoms with van der Waals surface area (Å²) in [6.45, 7) is 6.00. The Bertz CT molecular complexity index is 769. The lowest BCUT2D eigenvalue weighted by atomic mass is 10.1. The monoisotopic (exact) mass is 341 g/mol. The van der Waals surface area contributed by atoms with Gasteiger partial charge in [-0.3, -0.25) is 19.8 Å². The van der Waals surface area contributed by atoms with Crippen LogP contribution in [0, 0.1) is 24.0 Å². The molecule has 0 saturated heterocycles. The van der Waals surface area contributed by atoms with E-state index in [-0.39, 0.29) is 11.6 Å². The highest BCUT2D eigenvalue weighted by Gasteiger charge is 2.22. The van der Waals surface area contributed by atoms with E-state index in [1.165, 1.54) is 6.07 Å². The fourth-order valence-electron chi connectivity index (χ4n) is 2.67. The molecule has 2 rings (SSSR count). The van der Waals surface area contributed by atoms with E-state index in [1.807, 2.05) is 32.0 Å². The number of rotatable bonds is 6. The predicted molar refractivity (Wildman–Crippen MR) is 98.6 cm³/mol. The number of carbonyl (C=O) groups is 1. The van der Waals surface area contributed by atoms with Crippen molar-refractivity contribution in [3.63, 3.8) is 0 Å². The molecule has 0 radical (unpaired) electrons. The highest BCUT2D eigenvalue weighted by atomic mass is 16.6. The number of aryl methyl sites for hydroxylation is 2. The van der Waals surface area contributed by atoms with Gasteiger partial charge in [0.1, 0.15) is 0 Å². The summed E-state index contributed by atoms with van der Waals surface area (Å²) in [4.78, 5) is 25.1. The number of nitro groups is 1. The number of amides is 1. The van der Waals surface area contributed by atoms with Gasteiger partial charge in [-0.05, 0) is 38.9 Å². The van der Waals surface area contributed by atoms with Crippen LogP contribution in [-0.2, 0) is 11.3 Å². The van der Waals surface area contributed by atoms with E-state index < -0.39 is 11.0 Å². The number of benzene rings is 2. The van der Waals surface area contributed by atoms with Gasteiger partial charge in [0.05, 0.1) is 11.0 Å². The first-order valence-corrected chi connectivity index (χ1v) is 8.11. The molecule has 0 aliphatic carbocycles. The molecule has 0 bridgehead atoms. The van der Waals surface area contributed by atoms with Crippen LogP contribution in [0.2, 0.25) is 0 Å². The zero-order valence-corrected chi connectivity index (χ0v) is 14.9. The van der Waals surface area contributed by atoms with E-state index in [0.29, 0.717) is 12.1 Å². The van der Waals surface area contributed by atoms with E-state index >= 15 is 0 Å². The summed E-state index contributed by atoms with van der Waals surface area (Å²) < 4.78 is 0. The number of anilines is 1. The lowest BCUT2D eigenvalue weighted by molar-refractivity contribution is -0.385. The van der Waals surface area contributed by atoms with Crippen molar-refractivity contribution in [2.75, 3.05) is 12.4 Å². The second-order valence-electron chi connectivity index (χ2n) is 6.23. The highest BCUT2D eigenvalue weighted by Crippen LogP contribution is 2.22. The summed E-state index contributed by atoms with van der Waals surface area (Å²) in [7, 11) is 1.78. The van der Waals surface area contributed by atoms with E-state index in [9.17, 15) is 14.9 Å². The lowest BCUT2D eigenvalue weighted by Gasteiger charge is -2.24. The summed E-state index contributed by atoms with van der Waals surface area (Å²) >= 11 is 0. The normalized spacial score (nSPS) is 12.0. The first-order chi connectivity index (χ1) is 11.8. The highest BCUT2D eigenvalue weighted by molar-refractivity contribution is 5.95. The Morgan fingerprint density at radius 1 is 1.16 bits per heavy atom. The zero-order valence-electron chi connectivity index (χ0n) is 14.9. The van der Waals surface area contributed by atoms with Crippen molar-refractivity contribution in [3.8, 4) is 0 Å². The average Bonchev–Trinajstić information content (AvgIpc) is 2.57. The minimum absolute atomic E-state index is 0.0664. The van der Waals surface area contributed by atoms with Crippen LogP contribution >= 0.6 is 0 Å². The van der Waals surface area contributed by atoms with Gasteiger partial charge in [0, 0.05) is 23.9 Å². The van der Waals surface area contributed by atoms with Crippen molar-refractivity contribution >= 4 is 17.3 Å². The molecule has 1 amide bonds. The molecule has 0 aromatic heterocycles. The summed E-state index contributed by atoms with van der Waals surface area (Å²) in [6, 6.07) is 12.0. The lowest BCUT2D eigenvalue weighted by Crippen LogP contribution is -2.39. The van der Waals surface area contributed by atoms with Gasteiger partial charge in [-0.25, -0.2) is 0 Å². The number of hydrogen-bond acceptors (Lipinski definition) is 4. The molecule has 0 heterocycles. The molecule has 2 aromatic rings.